The van der Waals surface area contributed by atoms with E-state index in [0.717, 1.165) is 11.3 Å². The maximum absolute atomic E-state index is 12.1. The van der Waals surface area contributed by atoms with E-state index in [1.807, 2.05) is 18.2 Å². The van der Waals surface area contributed by atoms with Gasteiger partial charge in [-0.2, -0.15) is 5.10 Å². The second-order valence-corrected chi connectivity index (χ2v) is 4.56. The molecule has 1 heterocycles. The standard InChI is InChI=1S/C15H19N3O3/c1-11(18-8-4-7-17-18)15(19)16-10-12-9-13(20-2)5-6-14(12)21-3/h4-9,11H,10H2,1-3H3,(H,16,19). The molecule has 1 amide bonds. The predicted octanol–water partition coefficient (Wildman–Crippen LogP) is 1.78. The quantitative estimate of drug-likeness (QED) is 0.880. The first kappa shape index (κ1) is 14.9. The average molecular weight is 289 g/mol. The second-order valence-electron chi connectivity index (χ2n) is 4.56. The number of benzene rings is 1. The third-order valence-electron chi connectivity index (χ3n) is 3.24. The van der Waals surface area contributed by atoms with Crippen molar-refractivity contribution in [3.63, 3.8) is 0 Å². The molecule has 0 radical (unpaired) electrons. The zero-order valence-electron chi connectivity index (χ0n) is 12.4. The van der Waals surface area contributed by atoms with Gasteiger partial charge in [0.25, 0.3) is 0 Å². The lowest BCUT2D eigenvalue weighted by Crippen LogP contribution is -2.30. The Morgan fingerprint density at radius 3 is 2.81 bits per heavy atom. The molecule has 1 aromatic heterocycles. The summed E-state index contributed by atoms with van der Waals surface area (Å²) in [5, 5.41) is 6.94. The summed E-state index contributed by atoms with van der Waals surface area (Å²) >= 11 is 0. The SMILES string of the molecule is COc1ccc(OC)c(CNC(=O)C(C)n2cccn2)c1. The second kappa shape index (κ2) is 6.78. The summed E-state index contributed by atoms with van der Waals surface area (Å²) in [5.41, 5.74) is 0.859. The van der Waals surface area contributed by atoms with Gasteiger partial charge in [-0.05, 0) is 31.2 Å². The minimum Gasteiger partial charge on any atom is -0.497 e. The van der Waals surface area contributed by atoms with Crippen LogP contribution in [0.25, 0.3) is 0 Å². The normalized spacial score (nSPS) is 11.8. The first-order chi connectivity index (χ1) is 10.2. The van der Waals surface area contributed by atoms with Crippen molar-refractivity contribution in [2.45, 2.75) is 19.5 Å². The number of carbonyl (C=O) groups excluding carboxylic acids is 1. The molecule has 21 heavy (non-hydrogen) atoms. The van der Waals surface area contributed by atoms with Crippen LogP contribution in [0.1, 0.15) is 18.5 Å². The molecule has 112 valence electrons. The molecule has 0 aliphatic heterocycles. The number of hydrogen-bond donors (Lipinski definition) is 1. The molecule has 6 nitrogen and oxygen atoms in total. The fraction of sp³-hybridized carbons (Fsp3) is 0.333. The molecule has 0 aliphatic rings. The zero-order chi connectivity index (χ0) is 15.2. The number of aromatic nitrogens is 2. The molecule has 0 saturated heterocycles. The summed E-state index contributed by atoms with van der Waals surface area (Å²) in [6.45, 7) is 2.16. The number of carbonyl (C=O) groups is 1. The van der Waals surface area contributed by atoms with Crippen LogP contribution in [0.2, 0.25) is 0 Å². The number of methoxy groups -OCH3 is 2. The van der Waals surface area contributed by atoms with E-state index in [9.17, 15) is 4.79 Å². The van der Waals surface area contributed by atoms with E-state index in [-0.39, 0.29) is 11.9 Å². The van der Waals surface area contributed by atoms with Crippen LogP contribution in [0.15, 0.2) is 36.7 Å². The Hall–Kier alpha value is -2.50. The van der Waals surface area contributed by atoms with Crippen LogP contribution in [-0.4, -0.2) is 29.9 Å². The summed E-state index contributed by atoms with van der Waals surface area (Å²) in [6, 6.07) is 6.90. The van der Waals surface area contributed by atoms with Crippen LogP contribution in [0.4, 0.5) is 0 Å². The molecular formula is C15H19N3O3. The van der Waals surface area contributed by atoms with Crippen LogP contribution in [0, 0.1) is 0 Å². The molecule has 0 aliphatic carbocycles. The Labute approximate surface area is 123 Å². The average Bonchev–Trinajstić information content (AvgIpc) is 3.05. The minimum atomic E-state index is -0.364. The van der Waals surface area contributed by atoms with Gasteiger partial charge in [-0.3, -0.25) is 9.48 Å². The molecule has 0 spiro atoms. The molecule has 1 N–H and O–H groups in total. The summed E-state index contributed by atoms with van der Waals surface area (Å²) in [7, 11) is 3.20. The van der Waals surface area contributed by atoms with Crippen LogP contribution in [0.5, 0.6) is 11.5 Å². The first-order valence-corrected chi connectivity index (χ1v) is 6.63. The summed E-state index contributed by atoms with van der Waals surface area (Å²) in [4.78, 5) is 12.1. The van der Waals surface area contributed by atoms with Crippen molar-refractivity contribution in [2.75, 3.05) is 14.2 Å². The van der Waals surface area contributed by atoms with Crippen LogP contribution < -0.4 is 14.8 Å². The Morgan fingerprint density at radius 2 is 2.19 bits per heavy atom. The zero-order valence-corrected chi connectivity index (χ0v) is 12.4. The van der Waals surface area contributed by atoms with Crippen molar-refractivity contribution < 1.29 is 14.3 Å². The summed E-state index contributed by atoms with van der Waals surface area (Å²) in [6.07, 6.45) is 3.41. The molecule has 6 heteroatoms. The minimum absolute atomic E-state index is 0.108. The van der Waals surface area contributed by atoms with Crippen molar-refractivity contribution in [2.24, 2.45) is 0 Å². The molecule has 0 bridgehead atoms. The van der Waals surface area contributed by atoms with E-state index >= 15 is 0 Å². The van der Waals surface area contributed by atoms with Crippen LogP contribution >= 0.6 is 0 Å². The Bertz CT molecular complexity index is 596. The van der Waals surface area contributed by atoms with E-state index in [1.54, 1.807) is 44.3 Å². The molecular weight excluding hydrogens is 270 g/mol. The largest absolute Gasteiger partial charge is 0.497 e. The molecule has 0 fully saturated rings. The van der Waals surface area contributed by atoms with E-state index in [4.69, 9.17) is 9.47 Å². The lowest BCUT2D eigenvalue weighted by Gasteiger charge is -2.14. The van der Waals surface area contributed by atoms with E-state index in [2.05, 4.69) is 10.4 Å². The Kier molecular flexibility index (Phi) is 4.81. The third kappa shape index (κ3) is 3.53. The fourth-order valence-electron chi connectivity index (χ4n) is 1.98. The smallest absolute Gasteiger partial charge is 0.244 e. The number of amides is 1. The number of ether oxygens (including phenoxy) is 2. The van der Waals surface area contributed by atoms with E-state index in [1.165, 1.54) is 0 Å². The molecule has 2 aromatic rings. The van der Waals surface area contributed by atoms with Crippen molar-refractivity contribution >= 4 is 5.91 Å². The van der Waals surface area contributed by atoms with E-state index in [0.29, 0.717) is 12.3 Å². The Balaban J connectivity index is 2.03. The number of hydrogen-bond acceptors (Lipinski definition) is 4. The van der Waals surface area contributed by atoms with Crippen LogP contribution in [-0.2, 0) is 11.3 Å². The highest BCUT2D eigenvalue weighted by Crippen LogP contribution is 2.23. The molecule has 1 atom stereocenters. The van der Waals surface area contributed by atoms with Gasteiger partial charge in [-0.15, -0.1) is 0 Å². The van der Waals surface area contributed by atoms with E-state index < -0.39 is 0 Å². The first-order valence-electron chi connectivity index (χ1n) is 6.63. The van der Waals surface area contributed by atoms with Gasteiger partial charge in [0.2, 0.25) is 5.91 Å². The highest BCUT2D eigenvalue weighted by Gasteiger charge is 2.15. The molecule has 0 saturated carbocycles. The Morgan fingerprint density at radius 1 is 1.38 bits per heavy atom. The topological polar surface area (TPSA) is 65.4 Å². The predicted molar refractivity (Wildman–Crippen MR) is 78.3 cm³/mol. The van der Waals surface area contributed by atoms with Crippen molar-refractivity contribution in [3.8, 4) is 11.5 Å². The summed E-state index contributed by atoms with van der Waals surface area (Å²) < 4.78 is 12.1. The fourth-order valence-corrected chi connectivity index (χ4v) is 1.98. The molecule has 1 unspecified atom stereocenters. The van der Waals surface area contributed by atoms with Gasteiger partial charge in [0, 0.05) is 24.5 Å². The lowest BCUT2D eigenvalue weighted by molar-refractivity contribution is -0.124. The van der Waals surface area contributed by atoms with Gasteiger partial charge >= 0.3 is 0 Å². The maximum Gasteiger partial charge on any atom is 0.244 e. The lowest BCUT2D eigenvalue weighted by atomic mass is 10.2. The van der Waals surface area contributed by atoms with Crippen LogP contribution in [0.3, 0.4) is 0 Å². The van der Waals surface area contributed by atoms with Crippen molar-refractivity contribution in [1.82, 2.24) is 15.1 Å². The number of nitrogens with one attached hydrogen (secondary N) is 1. The highest BCUT2D eigenvalue weighted by molar-refractivity contribution is 5.79. The molecule has 1 aromatic carbocycles. The molecule has 2 rings (SSSR count). The highest BCUT2D eigenvalue weighted by atomic mass is 16.5. The van der Waals surface area contributed by atoms with Gasteiger partial charge in [-0.25, -0.2) is 0 Å². The number of rotatable bonds is 6. The van der Waals surface area contributed by atoms with Crippen molar-refractivity contribution in [3.05, 3.63) is 42.2 Å². The number of nitrogens with zero attached hydrogens (tertiary/aromatic N) is 2. The van der Waals surface area contributed by atoms with Crippen molar-refractivity contribution in [1.29, 1.82) is 0 Å². The monoisotopic (exact) mass is 289 g/mol. The third-order valence-corrected chi connectivity index (χ3v) is 3.24. The summed E-state index contributed by atoms with van der Waals surface area (Å²) in [5.74, 6) is 1.33. The van der Waals surface area contributed by atoms with Gasteiger partial charge < -0.3 is 14.8 Å². The maximum atomic E-state index is 12.1. The van der Waals surface area contributed by atoms with Gasteiger partial charge in [0.15, 0.2) is 0 Å². The van der Waals surface area contributed by atoms with Gasteiger partial charge in [0.05, 0.1) is 14.2 Å². The van der Waals surface area contributed by atoms with Gasteiger partial charge in [0.1, 0.15) is 17.5 Å². The van der Waals surface area contributed by atoms with Gasteiger partial charge in [-0.1, -0.05) is 0 Å².